The van der Waals surface area contributed by atoms with Gasteiger partial charge in [0.1, 0.15) is 12.2 Å². The van der Waals surface area contributed by atoms with Crippen molar-refractivity contribution in [1.82, 2.24) is 25.4 Å². The van der Waals surface area contributed by atoms with Gasteiger partial charge < -0.3 is 20.3 Å². The van der Waals surface area contributed by atoms with Crippen molar-refractivity contribution in [2.75, 3.05) is 38.3 Å². The number of halogens is 1. The second-order valence-electron chi connectivity index (χ2n) is 5.85. The third-order valence-corrected chi connectivity index (χ3v) is 4.22. The molecule has 26 heavy (non-hydrogen) atoms. The average Bonchev–Trinajstić information content (AvgIpc) is 3.08. The smallest absolute Gasteiger partial charge is 0.191 e. The Morgan fingerprint density at radius 2 is 1.85 bits per heavy atom. The van der Waals surface area contributed by atoms with E-state index in [1.54, 1.807) is 18.1 Å². The molecule has 2 aromatic rings. The van der Waals surface area contributed by atoms with Crippen molar-refractivity contribution >= 4 is 35.6 Å². The minimum Gasteiger partial charge on any atom is -0.378 e. The molecular weight excluding hydrogens is 445 g/mol. The van der Waals surface area contributed by atoms with Crippen LogP contribution < -0.4 is 15.5 Å². The van der Waals surface area contributed by atoms with Gasteiger partial charge in [0.2, 0.25) is 0 Å². The van der Waals surface area contributed by atoms with E-state index in [0.717, 1.165) is 38.1 Å². The van der Waals surface area contributed by atoms with Gasteiger partial charge in [0.25, 0.3) is 0 Å². The van der Waals surface area contributed by atoms with Crippen LogP contribution >= 0.6 is 24.0 Å². The van der Waals surface area contributed by atoms with Crippen LogP contribution in [0.2, 0.25) is 0 Å². The van der Waals surface area contributed by atoms with Crippen LogP contribution in [0.15, 0.2) is 35.6 Å². The molecule has 0 radical (unpaired) electrons. The van der Waals surface area contributed by atoms with Crippen molar-refractivity contribution in [2.45, 2.75) is 13.1 Å². The summed E-state index contributed by atoms with van der Waals surface area (Å²) in [6, 6.07) is 8.62. The lowest BCUT2D eigenvalue weighted by Crippen LogP contribution is -2.37. The normalized spacial score (nSPS) is 14.7. The maximum atomic E-state index is 5.40. The van der Waals surface area contributed by atoms with Crippen molar-refractivity contribution < 1.29 is 4.74 Å². The second-order valence-corrected chi connectivity index (χ2v) is 5.85. The van der Waals surface area contributed by atoms with Gasteiger partial charge in [-0.15, -0.1) is 24.0 Å². The number of hydrogen-bond donors (Lipinski definition) is 2. The maximum absolute atomic E-state index is 5.40. The van der Waals surface area contributed by atoms with Gasteiger partial charge >= 0.3 is 0 Å². The number of guanidine groups is 1. The van der Waals surface area contributed by atoms with Gasteiger partial charge in [-0.25, -0.2) is 4.98 Å². The standard InChI is InChI=1S/C17H25N7O.HI/c1-18-17(20-12-16-21-13-22-23(16)2)19-11-14-3-5-15(6-4-14)24-7-9-25-10-8-24;/h3-6,13H,7-12H2,1-2H3,(H2,18,19,20);1H. The minimum absolute atomic E-state index is 0. The summed E-state index contributed by atoms with van der Waals surface area (Å²) in [5.74, 6) is 1.60. The second kappa shape index (κ2) is 10.3. The number of nitrogens with zero attached hydrogens (tertiary/aromatic N) is 5. The van der Waals surface area contributed by atoms with Gasteiger partial charge in [-0.1, -0.05) is 12.1 Å². The fourth-order valence-corrected chi connectivity index (χ4v) is 2.70. The molecule has 142 valence electrons. The molecule has 9 heteroatoms. The lowest BCUT2D eigenvalue weighted by Gasteiger charge is -2.28. The Morgan fingerprint density at radius 3 is 2.46 bits per heavy atom. The van der Waals surface area contributed by atoms with Gasteiger partial charge in [0.15, 0.2) is 5.96 Å². The Labute approximate surface area is 171 Å². The quantitative estimate of drug-likeness (QED) is 0.387. The van der Waals surface area contributed by atoms with Gasteiger partial charge in [0, 0.05) is 39.4 Å². The Bertz CT molecular complexity index is 695. The Kier molecular flexibility index (Phi) is 8.10. The number of nitrogens with one attached hydrogen (secondary N) is 2. The number of anilines is 1. The highest BCUT2D eigenvalue weighted by molar-refractivity contribution is 14.0. The fraction of sp³-hybridized carbons (Fsp3) is 0.471. The number of hydrogen-bond acceptors (Lipinski definition) is 5. The maximum Gasteiger partial charge on any atom is 0.191 e. The van der Waals surface area contributed by atoms with Crippen molar-refractivity contribution in [2.24, 2.45) is 12.0 Å². The fourth-order valence-electron chi connectivity index (χ4n) is 2.70. The van der Waals surface area contributed by atoms with Crippen LogP contribution in [0.3, 0.4) is 0 Å². The van der Waals surface area contributed by atoms with E-state index < -0.39 is 0 Å². The molecule has 0 unspecified atom stereocenters. The number of benzene rings is 1. The third-order valence-electron chi connectivity index (χ3n) is 4.22. The summed E-state index contributed by atoms with van der Waals surface area (Å²) in [5, 5.41) is 10.6. The summed E-state index contributed by atoms with van der Waals surface area (Å²) in [4.78, 5) is 10.8. The zero-order valence-corrected chi connectivity index (χ0v) is 17.5. The van der Waals surface area contributed by atoms with Crippen LogP contribution in [-0.2, 0) is 24.9 Å². The van der Waals surface area contributed by atoms with Crippen molar-refractivity contribution in [3.8, 4) is 0 Å². The summed E-state index contributed by atoms with van der Waals surface area (Å²) in [6.07, 6.45) is 1.54. The molecule has 0 bridgehead atoms. The molecule has 0 aliphatic carbocycles. The summed E-state index contributed by atoms with van der Waals surface area (Å²) in [5.41, 5.74) is 2.45. The zero-order chi connectivity index (χ0) is 17.5. The van der Waals surface area contributed by atoms with E-state index in [2.05, 4.69) is 54.9 Å². The summed E-state index contributed by atoms with van der Waals surface area (Å²) in [6.45, 7) is 4.80. The first-order valence-corrected chi connectivity index (χ1v) is 8.45. The van der Waals surface area contributed by atoms with Crippen molar-refractivity contribution in [3.63, 3.8) is 0 Å². The number of ether oxygens (including phenoxy) is 1. The van der Waals surface area contributed by atoms with Crippen LogP contribution in [0.1, 0.15) is 11.4 Å². The molecule has 0 atom stereocenters. The van der Waals surface area contributed by atoms with Crippen LogP contribution in [0.25, 0.3) is 0 Å². The molecule has 2 N–H and O–H groups in total. The minimum atomic E-state index is 0. The molecule has 1 aromatic carbocycles. The predicted octanol–water partition coefficient (Wildman–Crippen LogP) is 1.13. The number of aliphatic imine (C=N–C) groups is 1. The molecule has 1 aromatic heterocycles. The number of aryl methyl sites for hydroxylation is 1. The summed E-state index contributed by atoms with van der Waals surface area (Å²) in [7, 11) is 3.63. The molecule has 1 aliphatic rings. The van der Waals surface area contributed by atoms with E-state index in [4.69, 9.17) is 4.74 Å². The molecule has 8 nitrogen and oxygen atoms in total. The van der Waals surface area contributed by atoms with E-state index in [1.165, 1.54) is 11.3 Å². The van der Waals surface area contributed by atoms with Crippen molar-refractivity contribution in [1.29, 1.82) is 0 Å². The van der Waals surface area contributed by atoms with Crippen LogP contribution in [-0.4, -0.2) is 54.1 Å². The first-order valence-electron chi connectivity index (χ1n) is 8.45. The van der Waals surface area contributed by atoms with Crippen LogP contribution in [0.5, 0.6) is 0 Å². The van der Waals surface area contributed by atoms with E-state index in [-0.39, 0.29) is 24.0 Å². The third kappa shape index (κ3) is 5.56. The number of morpholine rings is 1. The first-order chi connectivity index (χ1) is 12.3. The van der Waals surface area contributed by atoms with Gasteiger partial charge in [-0.05, 0) is 17.7 Å². The van der Waals surface area contributed by atoms with Crippen LogP contribution in [0, 0.1) is 0 Å². The summed E-state index contributed by atoms with van der Waals surface area (Å²) >= 11 is 0. The SMILES string of the molecule is CN=C(NCc1ccc(N2CCOCC2)cc1)NCc1ncnn1C.I. The topological polar surface area (TPSA) is 79.6 Å². The van der Waals surface area contributed by atoms with Crippen LogP contribution in [0.4, 0.5) is 5.69 Å². The molecule has 0 amide bonds. The highest BCUT2D eigenvalue weighted by atomic mass is 127. The van der Waals surface area contributed by atoms with E-state index >= 15 is 0 Å². The molecule has 0 saturated carbocycles. The highest BCUT2D eigenvalue weighted by Gasteiger charge is 2.10. The number of rotatable bonds is 5. The number of aromatic nitrogens is 3. The van der Waals surface area contributed by atoms with E-state index in [0.29, 0.717) is 13.1 Å². The molecule has 1 fully saturated rings. The molecule has 0 spiro atoms. The lowest BCUT2D eigenvalue weighted by atomic mass is 10.2. The van der Waals surface area contributed by atoms with Gasteiger partial charge in [-0.2, -0.15) is 5.10 Å². The lowest BCUT2D eigenvalue weighted by molar-refractivity contribution is 0.122. The predicted molar refractivity (Wildman–Crippen MR) is 113 cm³/mol. The molecule has 1 saturated heterocycles. The Balaban J connectivity index is 0.00000243. The molecular formula is C17H26IN7O. The zero-order valence-electron chi connectivity index (χ0n) is 15.2. The largest absolute Gasteiger partial charge is 0.378 e. The Hall–Kier alpha value is -1.88. The van der Waals surface area contributed by atoms with Crippen molar-refractivity contribution in [3.05, 3.63) is 42.0 Å². The summed E-state index contributed by atoms with van der Waals surface area (Å²) < 4.78 is 7.14. The molecule has 2 heterocycles. The van der Waals surface area contributed by atoms with E-state index in [1.807, 2.05) is 7.05 Å². The average molecular weight is 471 g/mol. The first kappa shape index (κ1) is 20.4. The van der Waals surface area contributed by atoms with Gasteiger partial charge in [-0.3, -0.25) is 9.67 Å². The molecule has 3 rings (SSSR count). The molecule has 1 aliphatic heterocycles. The Morgan fingerprint density at radius 1 is 1.15 bits per heavy atom. The monoisotopic (exact) mass is 471 g/mol. The van der Waals surface area contributed by atoms with Gasteiger partial charge in [0.05, 0.1) is 19.8 Å². The van der Waals surface area contributed by atoms with E-state index in [9.17, 15) is 0 Å². The highest BCUT2D eigenvalue weighted by Crippen LogP contribution is 2.16.